The zero-order valence-corrected chi connectivity index (χ0v) is 22.2. The number of aryl methyl sites for hydroxylation is 1. The van der Waals surface area contributed by atoms with Crippen LogP contribution >= 0.6 is 11.6 Å². The molecule has 4 rings (SSSR count). The van der Waals surface area contributed by atoms with Crippen molar-refractivity contribution in [3.8, 4) is 11.3 Å². The quantitative estimate of drug-likeness (QED) is 0.195. The van der Waals surface area contributed by atoms with E-state index in [-0.39, 0.29) is 24.1 Å². The number of nitrogens with zero attached hydrogens (tertiary/aromatic N) is 2. The molecule has 0 saturated heterocycles. The Morgan fingerprint density at radius 3 is 2.51 bits per heavy atom. The molecular weight excluding hydrogens is 488 g/mol. The van der Waals surface area contributed by atoms with Crippen LogP contribution in [0.2, 0.25) is 5.02 Å². The number of hydrogen-bond acceptors (Lipinski definition) is 5. The highest BCUT2D eigenvalue weighted by atomic mass is 35.5. The van der Waals surface area contributed by atoms with E-state index in [2.05, 4.69) is 26.5 Å². The maximum absolute atomic E-state index is 13.5. The Kier molecular flexibility index (Phi) is 8.63. The third-order valence-electron chi connectivity index (χ3n) is 6.48. The summed E-state index contributed by atoms with van der Waals surface area (Å²) in [5, 5.41) is 6.67. The van der Waals surface area contributed by atoms with Gasteiger partial charge in [-0.3, -0.25) is 19.1 Å². The van der Waals surface area contributed by atoms with E-state index < -0.39 is 0 Å². The Labute approximate surface area is 222 Å². The van der Waals surface area contributed by atoms with Crippen LogP contribution < -0.4 is 27.0 Å². The van der Waals surface area contributed by atoms with Crippen molar-refractivity contribution in [2.24, 2.45) is 4.99 Å². The third-order valence-corrected chi connectivity index (χ3v) is 6.77. The summed E-state index contributed by atoms with van der Waals surface area (Å²) in [6.45, 7) is 2.17. The fourth-order valence-corrected chi connectivity index (χ4v) is 4.62. The molecule has 4 N–H and O–H groups in total. The van der Waals surface area contributed by atoms with E-state index in [0.717, 1.165) is 41.5 Å². The van der Waals surface area contributed by atoms with E-state index in [4.69, 9.17) is 11.6 Å². The molecule has 0 atom stereocenters. The number of aliphatic imine (C=N–C) groups is 1. The molecule has 8 nitrogen and oxygen atoms in total. The van der Waals surface area contributed by atoms with Crippen molar-refractivity contribution in [1.29, 1.82) is 0 Å². The average Bonchev–Trinajstić information content (AvgIpc) is 2.86. The van der Waals surface area contributed by atoms with E-state index in [1.165, 1.54) is 4.57 Å². The number of benzene rings is 2. The van der Waals surface area contributed by atoms with Gasteiger partial charge in [0.25, 0.3) is 5.56 Å². The van der Waals surface area contributed by atoms with Gasteiger partial charge in [0.1, 0.15) is 18.1 Å². The maximum atomic E-state index is 13.5. The van der Waals surface area contributed by atoms with Crippen molar-refractivity contribution in [3.05, 3.63) is 86.7 Å². The zero-order valence-electron chi connectivity index (χ0n) is 21.4. The minimum Gasteiger partial charge on any atom is -0.378 e. The number of carbonyl (C=O) groups is 1. The van der Waals surface area contributed by atoms with Gasteiger partial charge in [0.15, 0.2) is 0 Å². The first-order valence-electron chi connectivity index (χ1n) is 12.4. The fraction of sp³-hybridized carbons (Fsp3) is 0.321. The summed E-state index contributed by atoms with van der Waals surface area (Å²) < 4.78 is 1.48. The van der Waals surface area contributed by atoms with Gasteiger partial charge in [-0.05, 0) is 43.9 Å². The number of hydrazine groups is 1. The largest absolute Gasteiger partial charge is 0.378 e. The molecular formula is C28H33ClN6O2. The lowest BCUT2D eigenvalue weighted by molar-refractivity contribution is -0.121. The van der Waals surface area contributed by atoms with Crippen LogP contribution in [0.1, 0.15) is 36.0 Å². The first-order valence-corrected chi connectivity index (χ1v) is 12.8. The predicted molar refractivity (Wildman–Crippen MR) is 150 cm³/mol. The second kappa shape index (κ2) is 12.1. The lowest BCUT2D eigenvalue weighted by Crippen LogP contribution is -2.36. The Hall–Kier alpha value is -3.62. The van der Waals surface area contributed by atoms with E-state index in [1.54, 1.807) is 20.2 Å². The number of amidine groups is 1. The summed E-state index contributed by atoms with van der Waals surface area (Å²) in [4.78, 5) is 30.8. The number of anilines is 1. The Morgan fingerprint density at radius 1 is 1.14 bits per heavy atom. The van der Waals surface area contributed by atoms with Gasteiger partial charge in [0.2, 0.25) is 5.91 Å². The molecule has 0 spiro atoms. The molecule has 3 aromatic rings. The molecule has 0 bridgehead atoms. The molecule has 0 aliphatic heterocycles. The number of carbonyl (C=O) groups excluding carboxylic acids is 1. The van der Waals surface area contributed by atoms with Crippen molar-refractivity contribution >= 4 is 29.0 Å². The van der Waals surface area contributed by atoms with Gasteiger partial charge in [-0.2, -0.15) is 0 Å². The smallest absolute Gasteiger partial charge is 0.274 e. The first-order chi connectivity index (χ1) is 17.9. The van der Waals surface area contributed by atoms with Crippen LogP contribution in [0.4, 0.5) is 5.69 Å². The SMILES string of the molecule is CN=C(NNC)c1ccc(CNC(=O)Cn2c(-c3cccc(C)c3)c(Cl)cc(NC3CCC3)c2=O)cc1. The molecule has 1 aliphatic rings. The number of hydrogen-bond donors (Lipinski definition) is 4. The van der Waals surface area contributed by atoms with Gasteiger partial charge in [0.05, 0.1) is 10.7 Å². The van der Waals surface area contributed by atoms with Crippen molar-refractivity contribution in [2.45, 2.75) is 45.3 Å². The molecule has 194 valence electrons. The zero-order chi connectivity index (χ0) is 26.4. The summed E-state index contributed by atoms with van der Waals surface area (Å²) in [5.41, 5.74) is 10.3. The monoisotopic (exact) mass is 520 g/mol. The highest BCUT2D eigenvalue weighted by Gasteiger charge is 2.22. The van der Waals surface area contributed by atoms with Crippen LogP contribution in [0.3, 0.4) is 0 Å². The molecule has 9 heteroatoms. The minimum atomic E-state index is -0.274. The van der Waals surface area contributed by atoms with Gasteiger partial charge >= 0.3 is 0 Å². The van der Waals surface area contributed by atoms with Gasteiger partial charge in [-0.15, -0.1) is 0 Å². The van der Waals surface area contributed by atoms with Crippen molar-refractivity contribution < 1.29 is 4.79 Å². The number of nitrogens with one attached hydrogen (secondary N) is 4. The lowest BCUT2D eigenvalue weighted by atomic mass is 9.93. The molecule has 37 heavy (non-hydrogen) atoms. The summed E-state index contributed by atoms with van der Waals surface area (Å²) in [6, 6.07) is 17.5. The Bertz CT molecular complexity index is 1350. The molecule has 1 saturated carbocycles. The summed E-state index contributed by atoms with van der Waals surface area (Å²) in [5.74, 6) is 0.443. The van der Waals surface area contributed by atoms with Crippen LogP contribution in [0.5, 0.6) is 0 Å². The lowest BCUT2D eigenvalue weighted by Gasteiger charge is -2.28. The molecule has 1 heterocycles. The van der Waals surface area contributed by atoms with Gasteiger partial charge in [0, 0.05) is 37.8 Å². The van der Waals surface area contributed by atoms with Crippen molar-refractivity contribution in [2.75, 3.05) is 19.4 Å². The van der Waals surface area contributed by atoms with E-state index >= 15 is 0 Å². The van der Waals surface area contributed by atoms with Gasteiger partial charge in [-0.25, -0.2) is 5.43 Å². The molecule has 2 aromatic carbocycles. The predicted octanol–water partition coefficient (Wildman–Crippen LogP) is 3.86. The number of pyridine rings is 1. The molecule has 0 unspecified atom stereocenters. The maximum Gasteiger partial charge on any atom is 0.274 e. The number of halogens is 1. The average molecular weight is 521 g/mol. The molecule has 1 amide bonds. The molecule has 1 fully saturated rings. The third kappa shape index (κ3) is 6.39. The first kappa shape index (κ1) is 26.4. The summed E-state index contributed by atoms with van der Waals surface area (Å²) >= 11 is 6.72. The Balaban J connectivity index is 1.55. The number of aromatic nitrogens is 1. The van der Waals surface area contributed by atoms with Gasteiger partial charge < -0.3 is 16.1 Å². The highest BCUT2D eigenvalue weighted by Crippen LogP contribution is 2.30. The normalized spacial score (nSPS) is 13.7. The molecule has 1 aliphatic carbocycles. The van der Waals surface area contributed by atoms with Crippen molar-refractivity contribution in [1.82, 2.24) is 20.7 Å². The van der Waals surface area contributed by atoms with Gasteiger partial charge in [-0.1, -0.05) is 59.6 Å². The highest BCUT2D eigenvalue weighted by molar-refractivity contribution is 6.33. The second-order valence-corrected chi connectivity index (χ2v) is 9.62. The number of rotatable bonds is 9. The van der Waals surface area contributed by atoms with Crippen LogP contribution in [0.15, 0.2) is 64.4 Å². The molecule has 1 aromatic heterocycles. The van der Waals surface area contributed by atoms with Crippen LogP contribution in [0.25, 0.3) is 11.3 Å². The summed E-state index contributed by atoms with van der Waals surface area (Å²) in [7, 11) is 3.49. The van der Waals surface area contributed by atoms with E-state index in [9.17, 15) is 9.59 Å². The summed E-state index contributed by atoms with van der Waals surface area (Å²) in [6.07, 6.45) is 3.18. The fourth-order valence-electron chi connectivity index (χ4n) is 4.30. The van der Waals surface area contributed by atoms with Crippen LogP contribution in [-0.4, -0.2) is 36.4 Å². The van der Waals surface area contributed by atoms with Crippen molar-refractivity contribution in [3.63, 3.8) is 0 Å². The minimum absolute atomic E-state index is 0.140. The molecule has 0 radical (unpaired) electrons. The second-order valence-electron chi connectivity index (χ2n) is 9.21. The van der Waals surface area contributed by atoms with Crippen LogP contribution in [0, 0.1) is 6.92 Å². The van der Waals surface area contributed by atoms with E-state index in [1.807, 2.05) is 55.5 Å². The number of amides is 1. The topological polar surface area (TPSA) is 99.6 Å². The van der Waals surface area contributed by atoms with Crippen LogP contribution in [-0.2, 0) is 17.9 Å². The standard InChI is InChI=1S/C28H33ClN6O2/c1-18-6-4-7-21(14-18)26-23(29)15-24(33-22-8-5-9-22)28(37)35(26)17-25(36)32-16-19-10-12-20(13-11-19)27(30-2)34-31-3/h4,6-7,10-15,22,31,33H,5,8-9,16-17H2,1-3H3,(H,30,34)(H,32,36). The van der Waals surface area contributed by atoms with E-state index in [0.29, 0.717) is 28.8 Å². The Morgan fingerprint density at radius 2 is 1.89 bits per heavy atom.